The summed E-state index contributed by atoms with van der Waals surface area (Å²) in [6.07, 6.45) is 5.61. The second-order valence-electron chi connectivity index (χ2n) is 4.67. The minimum absolute atomic E-state index is 0.131. The van der Waals surface area contributed by atoms with E-state index in [1.807, 2.05) is 0 Å². The summed E-state index contributed by atoms with van der Waals surface area (Å²) in [7, 11) is -3.35. The third-order valence-electron chi connectivity index (χ3n) is 3.54. The van der Waals surface area contributed by atoms with Crippen molar-refractivity contribution in [2.75, 3.05) is 6.26 Å². The summed E-state index contributed by atoms with van der Waals surface area (Å²) in [6, 6.07) is 0. The standard InChI is InChI=1S/C11H14N2O3S/c1-17(15,16)10-6-9(13-12)11(14)8-5-3-2-4-7(8)10/h6-8H,2-5H2,1H3. The van der Waals surface area contributed by atoms with E-state index in [2.05, 4.69) is 4.79 Å². The van der Waals surface area contributed by atoms with Gasteiger partial charge in [-0.15, -0.1) is 0 Å². The van der Waals surface area contributed by atoms with E-state index in [0.717, 1.165) is 19.1 Å². The molecule has 1 fully saturated rings. The fourth-order valence-electron chi connectivity index (χ4n) is 2.75. The highest BCUT2D eigenvalue weighted by Gasteiger charge is 2.44. The molecule has 1 saturated carbocycles. The molecule has 2 aliphatic carbocycles. The van der Waals surface area contributed by atoms with Gasteiger partial charge in [0.15, 0.2) is 9.84 Å². The molecule has 5 nitrogen and oxygen atoms in total. The molecule has 0 N–H and O–H groups in total. The van der Waals surface area contributed by atoms with Crippen LogP contribution in [-0.4, -0.2) is 31.0 Å². The number of rotatable bonds is 1. The van der Waals surface area contributed by atoms with Crippen LogP contribution in [0, 0.1) is 11.8 Å². The van der Waals surface area contributed by atoms with E-state index in [1.165, 1.54) is 6.08 Å². The lowest BCUT2D eigenvalue weighted by molar-refractivity contribution is -0.123. The summed E-state index contributed by atoms with van der Waals surface area (Å²) >= 11 is 0. The Bertz CT molecular complexity index is 541. The normalized spacial score (nSPS) is 29.4. The quantitative estimate of drug-likeness (QED) is 0.516. The first-order valence-corrected chi connectivity index (χ1v) is 7.52. The Morgan fingerprint density at radius 3 is 2.41 bits per heavy atom. The van der Waals surface area contributed by atoms with Gasteiger partial charge in [0.2, 0.25) is 5.78 Å². The van der Waals surface area contributed by atoms with E-state index >= 15 is 0 Å². The number of Topliss-reactive ketones (excluding diaryl/α,β-unsaturated/α-hetero) is 1. The molecule has 0 bridgehead atoms. The molecular formula is C11H14N2O3S. The Morgan fingerprint density at radius 2 is 1.88 bits per heavy atom. The van der Waals surface area contributed by atoms with Crippen LogP contribution in [0.1, 0.15) is 25.7 Å². The fraction of sp³-hybridized carbons (Fsp3) is 0.636. The molecule has 0 aromatic carbocycles. The smallest absolute Gasteiger partial charge is 0.359 e. The molecule has 0 aromatic heterocycles. The molecule has 0 radical (unpaired) electrons. The highest BCUT2D eigenvalue weighted by molar-refractivity contribution is 7.94. The van der Waals surface area contributed by atoms with Crippen molar-refractivity contribution in [2.45, 2.75) is 25.7 Å². The Kier molecular flexibility index (Phi) is 3.02. The molecule has 0 saturated heterocycles. The van der Waals surface area contributed by atoms with Crippen molar-refractivity contribution in [3.8, 4) is 0 Å². The van der Waals surface area contributed by atoms with E-state index in [0.29, 0.717) is 12.8 Å². The van der Waals surface area contributed by atoms with Crippen molar-refractivity contribution < 1.29 is 18.0 Å². The lowest BCUT2D eigenvalue weighted by Gasteiger charge is -2.32. The predicted octanol–water partition coefficient (Wildman–Crippen LogP) is 0.975. The zero-order valence-corrected chi connectivity index (χ0v) is 10.4. The number of carbonyl (C=O) groups excluding carboxylic acids is 1. The molecule has 2 unspecified atom stereocenters. The second kappa shape index (κ2) is 4.20. The van der Waals surface area contributed by atoms with Crippen molar-refractivity contribution >= 4 is 21.3 Å². The first-order chi connectivity index (χ1) is 7.95. The van der Waals surface area contributed by atoms with Gasteiger partial charge in [-0.25, -0.2) is 8.42 Å². The van der Waals surface area contributed by atoms with Gasteiger partial charge < -0.3 is 5.53 Å². The Balaban J connectivity index is 2.56. The highest BCUT2D eigenvalue weighted by Crippen LogP contribution is 2.40. The summed E-state index contributed by atoms with van der Waals surface area (Å²) in [4.78, 5) is 15.1. The van der Waals surface area contributed by atoms with E-state index in [4.69, 9.17) is 5.53 Å². The van der Waals surface area contributed by atoms with Gasteiger partial charge in [-0.3, -0.25) is 4.79 Å². The molecule has 0 aromatic rings. The maximum atomic E-state index is 11.9. The first kappa shape index (κ1) is 12.2. The lowest BCUT2D eigenvalue weighted by Crippen LogP contribution is -2.39. The molecule has 0 aliphatic heterocycles. The number of hydrogen-bond donors (Lipinski definition) is 0. The maximum absolute atomic E-state index is 11.9. The van der Waals surface area contributed by atoms with Crippen LogP contribution in [0.3, 0.4) is 0 Å². The number of fused-ring (bicyclic) bond motifs is 1. The van der Waals surface area contributed by atoms with Gasteiger partial charge >= 0.3 is 5.71 Å². The van der Waals surface area contributed by atoms with Gasteiger partial charge in [0.1, 0.15) is 0 Å². The SMILES string of the molecule is CS(=O)(=O)C1=CC(=[N+]=[N-])C(=O)C2CCCCC12. The van der Waals surface area contributed by atoms with Crippen LogP contribution in [0.5, 0.6) is 0 Å². The van der Waals surface area contributed by atoms with E-state index in [1.54, 1.807) is 0 Å². The molecule has 2 rings (SSSR count). The average Bonchev–Trinajstić information content (AvgIpc) is 2.28. The number of hydrogen-bond acceptors (Lipinski definition) is 3. The summed E-state index contributed by atoms with van der Waals surface area (Å²) in [5, 5.41) is 0. The highest BCUT2D eigenvalue weighted by atomic mass is 32.2. The van der Waals surface area contributed by atoms with Crippen LogP contribution >= 0.6 is 0 Å². The van der Waals surface area contributed by atoms with Crippen LogP contribution < -0.4 is 0 Å². The molecule has 6 heteroatoms. The molecule has 0 spiro atoms. The van der Waals surface area contributed by atoms with Crippen molar-refractivity contribution in [1.29, 1.82) is 0 Å². The molecule has 2 atom stereocenters. The predicted molar refractivity (Wildman–Crippen MR) is 62.0 cm³/mol. The Hall–Kier alpha value is -1.26. The van der Waals surface area contributed by atoms with Crippen LogP contribution in [-0.2, 0) is 14.6 Å². The van der Waals surface area contributed by atoms with E-state index in [9.17, 15) is 13.2 Å². The lowest BCUT2D eigenvalue weighted by atomic mass is 9.73. The Morgan fingerprint density at radius 1 is 1.29 bits per heavy atom. The van der Waals surface area contributed by atoms with Crippen LogP contribution in [0.4, 0.5) is 0 Å². The third kappa shape index (κ3) is 2.10. The van der Waals surface area contributed by atoms with Crippen molar-refractivity contribution in [2.24, 2.45) is 11.8 Å². The van der Waals surface area contributed by atoms with E-state index in [-0.39, 0.29) is 28.2 Å². The van der Waals surface area contributed by atoms with Gasteiger partial charge in [-0.1, -0.05) is 12.8 Å². The van der Waals surface area contributed by atoms with Crippen LogP contribution in [0.2, 0.25) is 0 Å². The van der Waals surface area contributed by atoms with Crippen molar-refractivity contribution in [3.05, 3.63) is 16.5 Å². The summed E-state index contributed by atoms with van der Waals surface area (Å²) in [6.45, 7) is 0. The number of nitrogens with zero attached hydrogens (tertiary/aromatic N) is 2. The molecular weight excluding hydrogens is 240 g/mol. The molecule has 2 aliphatic rings. The maximum Gasteiger partial charge on any atom is 0.359 e. The Labute approximate surface area is 100 Å². The minimum atomic E-state index is -3.35. The number of sulfone groups is 1. The topological polar surface area (TPSA) is 87.6 Å². The molecule has 0 heterocycles. The van der Waals surface area contributed by atoms with Crippen molar-refractivity contribution in [1.82, 2.24) is 0 Å². The number of carbonyl (C=O) groups is 1. The number of ketones is 1. The van der Waals surface area contributed by atoms with E-state index < -0.39 is 9.84 Å². The molecule has 17 heavy (non-hydrogen) atoms. The summed E-state index contributed by atoms with van der Waals surface area (Å²) in [5.41, 5.74) is 8.63. The fourth-order valence-corrected chi connectivity index (χ4v) is 3.91. The second-order valence-corrected chi connectivity index (χ2v) is 6.68. The summed E-state index contributed by atoms with van der Waals surface area (Å²) in [5.74, 6) is -0.786. The zero-order chi connectivity index (χ0) is 12.6. The van der Waals surface area contributed by atoms with Gasteiger partial charge in [0, 0.05) is 24.2 Å². The van der Waals surface area contributed by atoms with Crippen LogP contribution in [0.15, 0.2) is 11.0 Å². The largest absolute Gasteiger partial charge is 0.361 e. The summed E-state index contributed by atoms with van der Waals surface area (Å²) < 4.78 is 23.4. The van der Waals surface area contributed by atoms with Crippen molar-refractivity contribution in [3.63, 3.8) is 0 Å². The van der Waals surface area contributed by atoms with Gasteiger partial charge in [0.05, 0.1) is 4.91 Å². The molecule has 92 valence electrons. The molecule has 0 amide bonds. The number of allylic oxidation sites excluding steroid dienone is 2. The first-order valence-electron chi connectivity index (χ1n) is 5.63. The monoisotopic (exact) mass is 254 g/mol. The minimum Gasteiger partial charge on any atom is -0.361 e. The zero-order valence-electron chi connectivity index (χ0n) is 9.59. The van der Waals surface area contributed by atoms with Crippen LogP contribution in [0.25, 0.3) is 5.53 Å². The third-order valence-corrected chi connectivity index (χ3v) is 4.81. The van der Waals surface area contributed by atoms with Gasteiger partial charge in [0.25, 0.3) is 0 Å². The average molecular weight is 254 g/mol. The van der Waals surface area contributed by atoms with Gasteiger partial charge in [-0.05, 0) is 12.8 Å². The van der Waals surface area contributed by atoms with Gasteiger partial charge in [-0.2, -0.15) is 4.79 Å².